The first kappa shape index (κ1) is 29.8. The number of hydrogen-bond acceptors (Lipinski definition) is 6. The molecule has 1 saturated carbocycles. The molecule has 1 amide bonds. The number of nitrogens with one attached hydrogen (secondary N) is 2. The molecule has 0 unspecified atom stereocenters. The largest absolute Gasteiger partial charge is 0.490 e. The molecular formula is C33H32N2O7S. The first-order chi connectivity index (χ1) is 20.7. The standard InChI is InChI=1S/C33H32N2O7S/c1-22-6-20-29(21-7-22)43(39,40)35-24-10-14-26(15-11-24)42-28-18-16-27(17-19-28)41-25-12-8-23(9-13-25)32(36)34-31-5-3-2-4-30(31)33(37)38/h2-9,12-13,16-21,24,26,35H,10-11,14-15H2,1H3,(H,34,36)(H,37,38). The van der Waals surface area contributed by atoms with Crippen LogP contribution in [0.15, 0.2) is 102 Å². The van der Waals surface area contributed by atoms with E-state index in [2.05, 4.69) is 10.0 Å². The quantitative estimate of drug-likeness (QED) is 0.192. The van der Waals surface area contributed by atoms with E-state index in [1.165, 1.54) is 12.1 Å². The Labute approximate surface area is 250 Å². The molecule has 4 aromatic rings. The Kier molecular flexibility index (Phi) is 9.08. The molecule has 0 aliphatic heterocycles. The summed E-state index contributed by atoms with van der Waals surface area (Å²) in [4.78, 5) is 24.3. The number of carbonyl (C=O) groups excluding carboxylic acids is 1. The first-order valence-electron chi connectivity index (χ1n) is 13.9. The van der Waals surface area contributed by atoms with Gasteiger partial charge >= 0.3 is 5.97 Å². The zero-order valence-electron chi connectivity index (χ0n) is 23.5. The number of aryl methyl sites for hydroxylation is 1. The molecule has 0 atom stereocenters. The SMILES string of the molecule is Cc1ccc(S(=O)(=O)NC2CCC(Oc3ccc(Oc4ccc(C(=O)Nc5ccccc5C(=O)O)cc4)cc3)CC2)cc1. The molecule has 43 heavy (non-hydrogen) atoms. The lowest BCUT2D eigenvalue weighted by molar-refractivity contribution is 0.0698. The Hall–Kier alpha value is -4.67. The third kappa shape index (κ3) is 7.79. The maximum atomic E-state index is 12.7. The smallest absolute Gasteiger partial charge is 0.337 e. The van der Waals surface area contributed by atoms with Crippen molar-refractivity contribution in [3.8, 4) is 17.2 Å². The maximum absolute atomic E-state index is 12.7. The summed E-state index contributed by atoms with van der Waals surface area (Å²) in [5, 5.41) is 11.9. The van der Waals surface area contributed by atoms with Gasteiger partial charge in [-0.05, 0) is 105 Å². The lowest BCUT2D eigenvalue weighted by atomic mass is 9.94. The molecule has 1 fully saturated rings. The molecule has 0 heterocycles. The predicted molar refractivity (Wildman–Crippen MR) is 162 cm³/mol. The van der Waals surface area contributed by atoms with Crippen molar-refractivity contribution in [3.63, 3.8) is 0 Å². The highest BCUT2D eigenvalue weighted by Crippen LogP contribution is 2.28. The monoisotopic (exact) mass is 600 g/mol. The highest BCUT2D eigenvalue weighted by molar-refractivity contribution is 7.89. The molecule has 3 N–H and O–H groups in total. The number of aromatic carboxylic acids is 1. The van der Waals surface area contributed by atoms with Gasteiger partial charge in [0.1, 0.15) is 17.2 Å². The topological polar surface area (TPSA) is 131 Å². The summed E-state index contributed by atoms with van der Waals surface area (Å²) in [7, 11) is -3.55. The summed E-state index contributed by atoms with van der Waals surface area (Å²) < 4.78 is 40.3. The van der Waals surface area contributed by atoms with Crippen molar-refractivity contribution in [1.29, 1.82) is 0 Å². The highest BCUT2D eigenvalue weighted by Gasteiger charge is 2.26. The third-order valence-electron chi connectivity index (χ3n) is 7.21. The van der Waals surface area contributed by atoms with Crippen molar-refractivity contribution in [3.05, 3.63) is 114 Å². The molecule has 4 aromatic carbocycles. The minimum Gasteiger partial charge on any atom is -0.490 e. The van der Waals surface area contributed by atoms with Crippen LogP contribution in [-0.2, 0) is 10.0 Å². The van der Waals surface area contributed by atoms with Crippen molar-refractivity contribution in [2.24, 2.45) is 0 Å². The molecular weight excluding hydrogens is 568 g/mol. The van der Waals surface area contributed by atoms with Crippen LogP contribution in [0.3, 0.4) is 0 Å². The van der Waals surface area contributed by atoms with Gasteiger partial charge in [-0.2, -0.15) is 0 Å². The number of carbonyl (C=O) groups is 2. The molecule has 1 aliphatic rings. The van der Waals surface area contributed by atoms with E-state index in [4.69, 9.17) is 9.47 Å². The first-order valence-corrected chi connectivity index (χ1v) is 15.4. The fourth-order valence-electron chi connectivity index (χ4n) is 4.87. The van der Waals surface area contributed by atoms with Crippen LogP contribution in [0.1, 0.15) is 52.0 Å². The van der Waals surface area contributed by atoms with E-state index in [-0.39, 0.29) is 28.3 Å². The normalized spacial score (nSPS) is 16.7. The average Bonchev–Trinajstić information content (AvgIpc) is 3.00. The second kappa shape index (κ2) is 13.1. The van der Waals surface area contributed by atoms with Gasteiger partial charge in [-0.25, -0.2) is 17.9 Å². The van der Waals surface area contributed by atoms with Gasteiger partial charge in [0.05, 0.1) is 22.3 Å². The summed E-state index contributed by atoms with van der Waals surface area (Å²) in [6.07, 6.45) is 2.85. The average molecular weight is 601 g/mol. The van der Waals surface area contributed by atoms with Gasteiger partial charge in [-0.1, -0.05) is 29.8 Å². The molecule has 9 nitrogen and oxygen atoms in total. The van der Waals surface area contributed by atoms with E-state index in [0.29, 0.717) is 35.7 Å². The molecule has 0 spiro atoms. The second-order valence-corrected chi connectivity index (χ2v) is 12.1. The van der Waals surface area contributed by atoms with Crippen LogP contribution in [-0.4, -0.2) is 37.5 Å². The number of ether oxygens (including phenoxy) is 2. The van der Waals surface area contributed by atoms with E-state index in [9.17, 15) is 23.1 Å². The van der Waals surface area contributed by atoms with E-state index < -0.39 is 21.9 Å². The zero-order valence-corrected chi connectivity index (χ0v) is 24.3. The van der Waals surface area contributed by atoms with E-state index >= 15 is 0 Å². The number of rotatable bonds is 10. The molecule has 10 heteroatoms. The van der Waals surface area contributed by atoms with E-state index in [1.54, 1.807) is 72.8 Å². The molecule has 0 aromatic heterocycles. The Morgan fingerprint density at radius 1 is 0.767 bits per heavy atom. The Balaban J connectivity index is 1.09. The van der Waals surface area contributed by atoms with Crippen LogP contribution in [0, 0.1) is 6.92 Å². The minimum atomic E-state index is -3.55. The van der Waals surface area contributed by atoms with Crippen LogP contribution < -0.4 is 19.5 Å². The molecule has 1 aliphatic carbocycles. The number of sulfonamides is 1. The number of para-hydroxylation sites is 1. The van der Waals surface area contributed by atoms with Crippen LogP contribution in [0.4, 0.5) is 5.69 Å². The van der Waals surface area contributed by atoms with Crippen molar-refractivity contribution in [1.82, 2.24) is 4.72 Å². The van der Waals surface area contributed by atoms with Crippen molar-refractivity contribution in [2.75, 3.05) is 5.32 Å². The van der Waals surface area contributed by atoms with Crippen LogP contribution >= 0.6 is 0 Å². The summed E-state index contributed by atoms with van der Waals surface area (Å²) in [6.45, 7) is 1.92. The summed E-state index contributed by atoms with van der Waals surface area (Å²) in [5.41, 5.74) is 1.60. The fourth-order valence-corrected chi connectivity index (χ4v) is 6.17. The summed E-state index contributed by atoms with van der Waals surface area (Å²) in [6, 6.07) is 26.7. The van der Waals surface area contributed by atoms with Crippen molar-refractivity contribution >= 4 is 27.6 Å². The highest BCUT2D eigenvalue weighted by atomic mass is 32.2. The van der Waals surface area contributed by atoms with Crippen LogP contribution in [0.5, 0.6) is 17.2 Å². The predicted octanol–water partition coefficient (Wildman–Crippen LogP) is 6.41. The summed E-state index contributed by atoms with van der Waals surface area (Å²) >= 11 is 0. The molecule has 5 rings (SSSR count). The van der Waals surface area contributed by atoms with Gasteiger partial charge in [-0.3, -0.25) is 4.79 Å². The lowest BCUT2D eigenvalue weighted by Gasteiger charge is -2.29. The fraction of sp³-hybridized carbons (Fsp3) is 0.212. The maximum Gasteiger partial charge on any atom is 0.337 e. The van der Waals surface area contributed by atoms with E-state index in [1.807, 2.05) is 19.1 Å². The third-order valence-corrected chi connectivity index (χ3v) is 8.75. The molecule has 0 saturated heterocycles. The van der Waals surface area contributed by atoms with Gasteiger partial charge in [0.15, 0.2) is 0 Å². The second-order valence-electron chi connectivity index (χ2n) is 10.4. The molecule has 0 radical (unpaired) electrons. The van der Waals surface area contributed by atoms with E-state index in [0.717, 1.165) is 18.4 Å². The Morgan fingerprint density at radius 3 is 1.98 bits per heavy atom. The van der Waals surface area contributed by atoms with Gasteiger partial charge in [0.25, 0.3) is 5.91 Å². The van der Waals surface area contributed by atoms with Gasteiger partial charge in [0.2, 0.25) is 10.0 Å². The number of amides is 1. The van der Waals surface area contributed by atoms with Gasteiger partial charge in [-0.15, -0.1) is 0 Å². The number of hydrogen-bond donors (Lipinski definition) is 3. The number of carboxylic acid groups (broad SMARTS) is 1. The molecule has 0 bridgehead atoms. The Bertz CT molecular complexity index is 1680. The summed E-state index contributed by atoms with van der Waals surface area (Å²) in [5.74, 6) is 0.267. The number of anilines is 1. The number of carboxylic acids is 1. The van der Waals surface area contributed by atoms with Crippen LogP contribution in [0.2, 0.25) is 0 Å². The zero-order chi connectivity index (χ0) is 30.4. The van der Waals surface area contributed by atoms with Crippen LogP contribution in [0.25, 0.3) is 0 Å². The Morgan fingerprint density at radius 2 is 1.35 bits per heavy atom. The molecule has 222 valence electrons. The van der Waals surface area contributed by atoms with Crippen molar-refractivity contribution in [2.45, 2.75) is 49.6 Å². The lowest BCUT2D eigenvalue weighted by Crippen LogP contribution is -2.39. The van der Waals surface area contributed by atoms with Gasteiger partial charge in [0, 0.05) is 11.6 Å². The van der Waals surface area contributed by atoms with Crippen molar-refractivity contribution < 1.29 is 32.6 Å². The van der Waals surface area contributed by atoms with Gasteiger partial charge < -0.3 is 19.9 Å². The number of benzene rings is 4. The minimum absolute atomic E-state index is 0.00643.